The molecule has 0 radical (unpaired) electrons. The first kappa shape index (κ1) is 14.8. The van der Waals surface area contributed by atoms with Crippen molar-refractivity contribution in [3.05, 3.63) is 29.3 Å². The summed E-state index contributed by atoms with van der Waals surface area (Å²) in [6.45, 7) is 3.04. The Morgan fingerprint density at radius 1 is 1.50 bits per heavy atom. The molecular weight excluding hydrogens is 286 g/mol. The Kier molecular flexibility index (Phi) is 4.02. The van der Waals surface area contributed by atoms with Crippen LogP contribution in [0.4, 0.5) is 0 Å². The second-order valence-electron chi connectivity index (χ2n) is 5.58. The van der Waals surface area contributed by atoms with Crippen LogP contribution in [0, 0.1) is 5.92 Å². The lowest BCUT2D eigenvalue weighted by Crippen LogP contribution is -2.35. The van der Waals surface area contributed by atoms with E-state index in [2.05, 4.69) is 5.32 Å². The van der Waals surface area contributed by atoms with Crippen LogP contribution in [-0.4, -0.2) is 36.3 Å². The van der Waals surface area contributed by atoms with Crippen LogP contribution >= 0.6 is 0 Å². The van der Waals surface area contributed by atoms with Crippen molar-refractivity contribution in [1.29, 1.82) is 0 Å². The monoisotopic (exact) mass is 305 g/mol. The van der Waals surface area contributed by atoms with Crippen LogP contribution in [0.25, 0.3) is 0 Å². The molecule has 0 spiro atoms. The molecule has 1 aromatic rings. The average molecular weight is 305 g/mol. The van der Waals surface area contributed by atoms with Crippen LogP contribution < -0.4 is 10.1 Å². The topological polar surface area (TPSA) is 84.9 Å². The first-order valence-corrected chi connectivity index (χ1v) is 7.50. The fourth-order valence-corrected chi connectivity index (χ4v) is 2.77. The number of hydrogen-bond acceptors (Lipinski definition) is 4. The van der Waals surface area contributed by atoms with Crippen molar-refractivity contribution in [3.63, 3.8) is 0 Å². The highest BCUT2D eigenvalue weighted by Crippen LogP contribution is 2.35. The van der Waals surface area contributed by atoms with Crippen molar-refractivity contribution in [2.45, 2.75) is 31.9 Å². The van der Waals surface area contributed by atoms with Gasteiger partial charge in [-0.1, -0.05) is 6.07 Å². The van der Waals surface area contributed by atoms with E-state index >= 15 is 0 Å². The van der Waals surface area contributed by atoms with E-state index in [4.69, 9.17) is 9.47 Å². The maximum absolute atomic E-state index is 12.1. The molecule has 3 rings (SSSR count). The lowest BCUT2D eigenvalue weighted by atomic mass is 10.0. The smallest absolute Gasteiger partial charge is 0.330 e. The van der Waals surface area contributed by atoms with Crippen LogP contribution in [-0.2, 0) is 20.7 Å². The van der Waals surface area contributed by atoms with Gasteiger partial charge in [0.15, 0.2) is 6.04 Å². The molecule has 3 atom stereocenters. The average Bonchev–Trinajstić information content (AvgIpc) is 3.10. The molecule has 1 aliphatic carbocycles. The maximum atomic E-state index is 12.1. The molecule has 1 fully saturated rings. The molecule has 1 heterocycles. The Morgan fingerprint density at radius 2 is 2.32 bits per heavy atom. The second-order valence-corrected chi connectivity index (χ2v) is 5.58. The van der Waals surface area contributed by atoms with E-state index in [1.165, 1.54) is 0 Å². The van der Waals surface area contributed by atoms with Gasteiger partial charge in [0.2, 0.25) is 5.91 Å². The third-order valence-electron chi connectivity index (χ3n) is 4.03. The number of aliphatic carboxylic acids is 1. The van der Waals surface area contributed by atoms with Crippen LogP contribution in [0.1, 0.15) is 30.5 Å². The van der Waals surface area contributed by atoms with Crippen molar-refractivity contribution in [3.8, 4) is 5.75 Å². The van der Waals surface area contributed by atoms with Gasteiger partial charge >= 0.3 is 5.97 Å². The molecule has 1 amide bonds. The van der Waals surface area contributed by atoms with Gasteiger partial charge in [-0.25, -0.2) is 4.79 Å². The van der Waals surface area contributed by atoms with E-state index < -0.39 is 12.0 Å². The number of ether oxygens (including phenoxy) is 2. The number of rotatable bonds is 6. The van der Waals surface area contributed by atoms with Crippen molar-refractivity contribution >= 4 is 11.9 Å². The first-order valence-electron chi connectivity index (χ1n) is 7.50. The van der Waals surface area contributed by atoms with Gasteiger partial charge in [-0.05, 0) is 36.6 Å². The number of nitrogens with one attached hydrogen (secondary N) is 1. The summed E-state index contributed by atoms with van der Waals surface area (Å²) in [5.74, 6) is -0.777. The first-order chi connectivity index (χ1) is 10.6. The number of amides is 1. The molecule has 22 heavy (non-hydrogen) atoms. The summed E-state index contributed by atoms with van der Waals surface area (Å²) in [6, 6.07) is 4.21. The molecule has 2 aliphatic rings. The molecule has 1 aromatic carbocycles. The van der Waals surface area contributed by atoms with Crippen LogP contribution in [0.15, 0.2) is 18.2 Å². The van der Waals surface area contributed by atoms with Gasteiger partial charge < -0.3 is 19.9 Å². The highest BCUT2D eigenvalue weighted by Gasteiger charge is 2.45. The SMILES string of the molecule is CCOC1CC1C(=O)NC(C(=O)O)c1ccc2c(c1)CCO2. The number of carboxylic acids is 1. The Hall–Kier alpha value is -2.08. The number of carboxylic acid groups (broad SMARTS) is 1. The molecule has 6 nitrogen and oxygen atoms in total. The predicted octanol–water partition coefficient (Wildman–Crippen LogP) is 1.29. The molecule has 3 unspecified atom stereocenters. The summed E-state index contributed by atoms with van der Waals surface area (Å²) in [6.07, 6.45) is 1.34. The van der Waals surface area contributed by atoms with Crippen LogP contribution in [0.2, 0.25) is 0 Å². The fraction of sp³-hybridized carbons (Fsp3) is 0.500. The fourth-order valence-electron chi connectivity index (χ4n) is 2.77. The molecule has 0 bridgehead atoms. The largest absolute Gasteiger partial charge is 0.493 e. The van der Waals surface area contributed by atoms with E-state index in [9.17, 15) is 14.7 Å². The summed E-state index contributed by atoms with van der Waals surface area (Å²) >= 11 is 0. The van der Waals surface area contributed by atoms with Gasteiger partial charge in [-0.15, -0.1) is 0 Å². The predicted molar refractivity (Wildman–Crippen MR) is 77.7 cm³/mol. The third-order valence-corrected chi connectivity index (χ3v) is 4.03. The Balaban J connectivity index is 1.71. The molecular formula is C16H19NO5. The molecule has 0 saturated heterocycles. The van der Waals surface area contributed by atoms with Gasteiger partial charge in [0.05, 0.1) is 18.6 Å². The van der Waals surface area contributed by atoms with Crippen molar-refractivity contribution in [2.24, 2.45) is 5.92 Å². The molecule has 1 saturated carbocycles. The number of carbonyl (C=O) groups is 2. The Labute approximate surface area is 128 Å². The lowest BCUT2D eigenvalue weighted by Gasteiger charge is -2.16. The zero-order valence-corrected chi connectivity index (χ0v) is 12.4. The number of fused-ring (bicyclic) bond motifs is 1. The molecule has 1 aliphatic heterocycles. The molecule has 118 valence electrons. The summed E-state index contributed by atoms with van der Waals surface area (Å²) in [7, 11) is 0. The Bertz CT molecular complexity index is 600. The standard InChI is InChI=1S/C16H19NO5/c1-2-21-13-8-11(13)15(18)17-14(16(19)20)10-3-4-12-9(7-10)5-6-22-12/h3-4,7,11,13-14H,2,5-6,8H2,1H3,(H,17,18)(H,19,20). The zero-order chi connectivity index (χ0) is 15.7. The highest BCUT2D eigenvalue weighted by atomic mass is 16.5. The van der Waals surface area contributed by atoms with Gasteiger partial charge in [-0.2, -0.15) is 0 Å². The maximum Gasteiger partial charge on any atom is 0.330 e. The Morgan fingerprint density at radius 3 is 3.05 bits per heavy atom. The minimum absolute atomic E-state index is 0.0761. The zero-order valence-electron chi connectivity index (χ0n) is 12.4. The molecule has 2 N–H and O–H groups in total. The van der Waals surface area contributed by atoms with Crippen molar-refractivity contribution in [1.82, 2.24) is 5.32 Å². The quantitative estimate of drug-likeness (QED) is 0.827. The minimum atomic E-state index is -1.07. The van der Waals surface area contributed by atoms with E-state index in [0.29, 0.717) is 25.2 Å². The molecule has 0 aromatic heterocycles. The van der Waals surface area contributed by atoms with Gasteiger partial charge in [0.1, 0.15) is 5.75 Å². The lowest BCUT2D eigenvalue weighted by molar-refractivity contribution is -0.142. The second kappa shape index (κ2) is 5.96. The van der Waals surface area contributed by atoms with Gasteiger partial charge in [-0.3, -0.25) is 4.79 Å². The number of hydrogen-bond donors (Lipinski definition) is 2. The third kappa shape index (κ3) is 2.92. The number of benzene rings is 1. The van der Waals surface area contributed by atoms with Crippen LogP contribution in [0.5, 0.6) is 5.75 Å². The van der Waals surface area contributed by atoms with Gasteiger partial charge in [0.25, 0.3) is 0 Å². The van der Waals surface area contributed by atoms with E-state index in [0.717, 1.165) is 17.7 Å². The van der Waals surface area contributed by atoms with E-state index in [-0.39, 0.29) is 17.9 Å². The van der Waals surface area contributed by atoms with Crippen molar-refractivity contribution < 1.29 is 24.2 Å². The van der Waals surface area contributed by atoms with E-state index in [1.807, 2.05) is 6.92 Å². The summed E-state index contributed by atoms with van der Waals surface area (Å²) in [5, 5.41) is 12.0. The molecule has 6 heteroatoms. The summed E-state index contributed by atoms with van der Waals surface area (Å²) in [5.41, 5.74) is 1.55. The van der Waals surface area contributed by atoms with Crippen molar-refractivity contribution in [2.75, 3.05) is 13.2 Å². The minimum Gasteiger partial charge on any atom is -0.493 e. The van der Waals surface area contributed by atoms with Crippen LogP contribution in [0.3, 0.4) is 0 Å². The summed E-state index contributed by atoms with van der Waals surface area (Å²) < 4.78 is 10.8. The normalized spacial score (nSPS) is 23.3. The van der Waals surface area contributed by atoms with Gasteiger partial charge in [0, 0.05) is 13.0 Å². The number of carbonyl (C=O) groups excluding carboxylic acids is 1. The van der Waals surface area contributed by atoms with E-state index in [1.54, 1.807) is 18.2 Å². The summed E-state index contributed by atoms with van der Waals surface area (Å²) in [4.78, 5) is 23.6. The highest BCUT2D eigenvalue weighted by molar-refractivity contribution is 5.87.